The van der Waals surface area contributed by atoms with Crippen molar-refractivity contribution in [1.29, 1.82) is 0 Å². The van der Waals surface area contributed by atoms with Gasteiger partial charge >= 0.3 is 0 Å². The van der Waals surface area contributed by atoms with Crippen molar-refractivity contribution in [3.63, 3.8) is 0 Å². The van der Waals surface area contributed by atoms with Gasteiger partial charge in [0.1, 0.15) is 5.82 Å². The molecule has 0 aliphatic rings. The van der Waals surface area contributed by atoms with Crippen LogP contribution < -0.4 is 5.32 Å². The molecule has 0 radical (unpaired) electrons. The summed E-state index contributed by atoms with van der Waals surface area (Å²) in [6.07, 6.45) is 3.24. The summed E-state index contributed by atoms with van der Waals surface area (Å²) < 4.78 is 0.969. The van der Waals surface area contributed by atoms with Crippen molar-refractivity contribution in [2.45, 2.75) is 39.2 Å². The number of aromatic nitrogens is 1. The lowest BCUT2D eigenvalue weighted by molar-refractivity contribution is 0.0456. The molecule has 0 bridgehead atoms. The van der Waals surface area contributed by atoms with Crippen molar-refractivity contribution in [2.24, 2.45) is 0 Å². The highest BCUT2D eigenvalue weighted by atomic mass is 79.9. The van der Waals surface area contributed by atoms with Gasteiger partial charge in [-0.15, -0.1) is 0 Å². The number of halogens is 1. The van der Waals surface area contributed by atoms with Crippen LogP contribution in [0.25, 0.3) is 0 Å². The summed E-state index contributed by atoms with van der Waals surface area (Å²) in [5.41, 5.74) is 0.435. The molecule has 1 aromatic heterocycles. The van der Waals surface area contributed by atoms with Crippen LogP contribution in [-0.2, 0) is 0 Å². The number of pyridine rings is 1. The van der Waals surface area contributed by atoms with Gasteiger partial charge in [0.25, 0.3) is 0 Å². The molecule has 0 amide bonds. The molecule has 0 spiro atoms. The van der Waals surface area contributed by atoms with E-state index in [0.717, 1.165) is 28.7 Å². The van der Waals surface area contributed by atoms with Crippen LogP contribution in [0.15, 0.2) is 16.7 Å². The van der Waals surface area contributed by atoms with Crippen LogP contribution in [0.2, 0.25) is 0 Å². The second-order valence-electron chi connectivity index (χ2n) is 4.10. The molecule has 0 fully saturated rings. The average Bonchev–Trinajstić information content (AvgIpc) is 2.27. The van der Waals surface area contributed by atoms with E-state index in [1.807, 2.05) is 26.8 Å². The van der Waals surface area contributed by atoms with E-state index in [2.05, 4.69) is 26.2 Å². The second kappa shape index (κ2) is 5.64. The number of hydrogen-bond acceptors (Lipinski definition) is 3. The molecule has 0 aliphatic heterocycles. The minimum absolute atomic E-state index is 0.537. The fraction of sp³-hybridized carbons (Fsp3) is 0.583. The van der Waals surface area contributed by atoms with Gasteiger partial charge in [0.05, 0.1) is 5.60 Å². The Kier molecular flexibility index (Phi) is 4.74. The third-order valence-corrected chi connectivity index (χ3v) is 3.38. The molecule has 16 heavy (non-hydrogen) atoms. The van der Waals surface area contributed by atoms with Crippen molar-refractivity contribution in [1.82, 2.24) is 4.98 Å². The fourth-order valence-corrected chi connectivity index (χ4v) is 1.92. The molecule has 1 heterocycles. The number of aryl methyl sites for hydroxylation is 1. The quantitative estimate of drug-likeness (QED) is 0.874. The molecule has 1 rings (SSSR count). The average molecular weight is 287 g/mol. The Labute approximate surface area is 105 Å². The van der Waals surface area contributed by atoms with Crippen molar-refractivity contribution >= 4 is 21.7 Å². The number of nitrogens with zero attached hydrogens (tertiary/aromatic N) is 1. The van der Waals surface area contributed by atoms with E-state index in [9.17, 15) is 5.11 Å². The van der Waals surface area contributed by atoms with Crippen LogP contribution in [0.3, 0.4) is 0 Å². The Hall–Kier alpha value is -0.610. The monoisotopic (exact) mass is 286 g/mol. The SMILES string of the molecule is CCC(O)(CC)CNc1ncc(Br)cc1C. The third-order valence-electron chi connectivity index (χ3n) is 2.95. The number of aliphatic hydroxyl groups is 1. The lowest BCUT2D eigenvalue weighted by Crippen LogP contribution is -2.35. The zero-order chi connectivity index (χ0) is 12.2. The molecule has 0 saturated carbocycles. The largest absolute Gasteiger partial charge is 0.388 e. The highest BCUT2D eigenvalue weighted by Crippen LogP contribution is 2.19. The zero-order valence-corrected chi connectivity index (χ0v) is 11.6. The highest BCUT2D eigenvalue weighted by molar-refractivity contribution is 9.10. The van der Waals surface area contributed by atoms with Crippen molar-refractivity contribution in [3.8, 4) is 0 Å². The lowest BCUT2D eigenvalue weighted by Gasteiger charge is -2.26. The van der Waals surface area contributed by atoms with Crippen LogP contribution >= 0.6 is 15.9 Å². The van der Waals surface area contributed by atoms with Crippen LogP contribution in [0.1, 0.15) is 32.3 Å². The first kappa shape index (κ1) is 13.5. The second-order valence-corrected chi connectivity index (χ2v) is 5.02. The van der Waals surface area contributed by atoms with E-state index in [-0.39, 0.29) is 0 Å². The van der Waals surface area contributed by atoms with Gasteiger partial charge in [-0.05, 0) is 47.3 Å². The molecule has 0 atom stereocenters. The molecule has 0 aromatic carbocycles. The van der Waals surface area contributed by atoms with E-state index in [1.165, 1.54) is 0 Å². The summed E-state index contributed by atoms with van der Waals surface area (Å²) in [5, 5.41) is 13.3. The normalized spacial score (nSPS) is 11.6. The van der Waals surface area contributed by atoms with Gasteiger partial charge in [-0.25, -0.2) is 4.98 Å². The maximum absolute atomic E-state index is 10.1. The van der Waals surface area contributed by atoms with Gasteiger partial charge in [0, 0.05) is 17.2 Å². The molecule has 1 aromatic rings. The minimum atomic E-state index is -0.638. The van der Waals surface area contributed by atoms with Crippen molar-refractivity contribution < 1.29 is 5.11 Å². The van der Waals surface area contributed by atoms with E-state index >= 15 is 0 Å². The Morgan fingerprint density at radius 3 is 2.56 bits per heavy atom. The van der Waals surface area contributed by atoms with Crippen LogP contribution in [-0.4, -0.2) is 22.2 Å². The Bertz CT molecular complexity index is 351. The molecule has 0 unspecified atom stereocenters. The molecular formula is C12H19BrN2O. The summed E-state index contributed by atoms with van der Waals surface area (Å²) in [5.74, 6) is 0.837. The number of hydrogen-bond donors (Lipinski definition) is 2. The van der Waals surface area contributed by atoms with Gasteiger partial charge in [-0.3, -0.25) is 0 Å². The summed E-state index contributed by atoms with van der Waals surface area (Å²) in [4.78, 5) is 4.28. The topological polar surface area (TPSA) is 45.1 Å². The Morgan fingerprint density at radius 1 is 1.44 bits per heavy atom. The van der Waals surface area contributed by atoms with Gasteiger partial charge < -0.3 is 10.4 Å². The molecule has 3 nitrogen and oxygen atoms in total. The fourth-order valence-electron chi connectivity index (χ4n) is 1.47. The van der Waals surface area contributed by atoms with Crippen LogP contribution in [0.4, 0.5) is 5.82 Å². The van der Waals surface area contributed by atoms with Crippen molar-refractivity contribution in [2.75, 3.05) is 11.9 Å². The molecule has 0 aliphatic carbocycles. The standard InChI is InChI=1S/C12H19BrN2O/c1-4-12(16,5-2)8-15-11-9(3)6-10(13)7-14-11/h6-7,16H,4-5,8H2,1-3H3,(H,14,15). The van der Waals surface area contributed by atoms with E-state index in [0.29, 0.717) is 6.54 Å². The van der Waals surface area contributed by atoms with Gasteiger partial charge in [0.15, 0.2) is 0 Å². The first-order valence-electron chi connectivity index (χ1n) is 5.59. The maximum atomic E-state index is 10.1. The summed E-state index contributed by atoms with van der Waals surface area (Å²) in [6.45, 7) is 6.52. The Morgan fingerprint density at radius 2 is 2.06 bits per heavy atom. The van der Waals surface area contributed by atoms with Crippen molar-refractivity contribution in [3.05, 3.63) is 22.3 Å². The van der Waals surface area contributed by atoms with E-state index in [1.54, 1.807) is 6.20 Å². The zero-order valence-electron chi connectivity index (χ0n) is 10.0. The molecular weight excluding hydrogens is 268 g/mol. The lowest BCUT2D eigenvalue weighted by atomic mass is 9.97. The van der Waals surface area contributed by atoms with Crippen LogP contribution in [0, 0.1) is 6.92 Å². The van der Waals surface area contributed by atoms with Gasteiger partial charge in [-0.1, -0.05) is 13.8 Å². The maximum Gasteiger partial charge on any atom is 0.129 e. The molecule has 90 valence electrons. The summed E-state index contributed by atoms with van der Waals surface area (Å²) >= 11 is 3.37. The third kappa shape index (κ3) is 3.46. The van der Waals surface area contributed by atoms with Gasteiger partial charge in [-0.2, -0.15) is 0 Å². The highest BCUT2D eigenvalue weighted by Gasteiger charge is 2.21. The number of rotatable bonds is 5. The summed E-state index contributed by atoms with van der Waals surface area (Å²) in [6, 6.07) is 2.01. The van der Waals surface area contributed by atoms with Crippen LogP contribution in [0.5, 0.6) is 0 Å². The van der Waals surface area contributed by atoms with E-state index in [4.69, 9.17) is 0 Å². The minimum Gasteiger partial charge on any atom is -0.388 e. The Balaban J connectivity index is 2.67. The predicted octanol–water partition coefficient (Wildman–Crippen LogP) is 3.12. The number of nitrogens with one attached hydrogen (secondary N) is 1. The van der Waals surface area contributed by atoms with E-state index < -0.39 is 5.60 Å². The van der Waals surface area contributed by atoms with Gasteiger partial charge in [0.2, 0.25) is 0 Å². The molecule has 4 heteroatoms. The smallest absolute Gasteiger partial charge is 0.129 e. The predicted molar refractivity (Wildman–Crippen MR) is 70.7 cm³/mol. The molecule has 0 saturated heterocycles. The summed E-state index contributed by atoms with van der Waals surface area (Å²) in [7, 11) is 0. The number of anilines is 1. The first-order valence-corrected chi connectivity index (χ1v) is 6.38. The molecule has 2 N–H and O–H groups in total. The first-order chi connectivity index (χ1) is 7.50.